The summed E-state index contributed by atoms with van der Waals surface area (Å²) in [6.45, 7) is 0. The average Bonchev–Trinajstić information content (AvgIpc) is 1.25. The zero-order valence-corrected chi connectivity index (χ0v) is 11.8. The molecule has 0 aliphatic heterocycles. The van der Waals surface area contributed by atoms with E-state index in [0.717, 1.165) is 0 Å². The van der Waals surface area contributed by atoms with E-state index in [1.54, 1.807) is 0 Å². The number of hydrogen-bond acceptors (Lipinski definition) is 6. The van der Waals surface area contributed by atoms with E-state index in [4.69, 9.17) is 30.1 Å². The van der Waals surface area contributed by atoms with Crippen LogP contribution >= 0.6 is 0 Å². The summed E-state index contributed by atoms with van der Waals surface area (Å²) in [7, 11) is -4.83. The average molecular weight is 240 g/mol. The van der Waals surface area contributed by atoms with Gasteiger partial charge in [-0.05, 0) is 0 Å². The molecular formula is H12B2Na2O10. The van der Waals surface area contributed by atoms with Crippen molar-refractivity contribution in [2.45, 2.75) is 0 Å². The molecular weight excluding hydrogens is 228 g/mol. The van der Waals surface area contributed by atoms with Gasteiger partial charge in [0.25, 0.3) is 0 Å². The summed E-state index contributed by atoms with van der Waals surface area (Å²) < 4.78 is 0. The number of hydrogen-bond donors (Lipinski definition) is 4. The Morgan fingerprint density at radius 2 is 0.643 bits per heavy atom. The van der Waals surface area contributed by atoms with Crippen molar-refractivity contribution in [3.63, 3.8) is 0 Å². The Hall–Kier alpha value is 1.73. The largest absolute Gasteiger partial charge is 1.00 e. The van der Waals surface area contributed by atoms with E-state index in [9.17, 15) is 0 Å². The van der Waals surface area contributed by atoms with Crippen molar-refractivity contribution < 1.29 is 111 Å². The van der Waals surface area contributed by atoms with Gasteiger partial charge in [0.2, 0.25) is 0 Å². The van der Waals surface area contributed by atoms with Gasteiger partial charge in [0.1, 0.15) is 0 Å². The van der Waals surface area contributed by atoms with Gasteiger partial charge in [0.15, 0.2) is 0 Å². The second-order valence-corrected chi connectivity index (χ2v) is 0.653. The van der Waals surface area contributed by atoms with E-state index in [1.807, 2.05) is 0 Å². The van der Waals surface area contributed by atoms with Gasteiger partial charge in [0.05, 0.1) is 7.32 Å². The molecule has 0 saturated heterocycles. The summed E-state index contributed by atoms with van der Waals surface area (Å²) >= 11 is 0. The maximum absolute atomic E-state index is 8.53. The Kier molecular flexibility index (Phi) is 190. The molecule has 0 radical (unpaired) electrons. The molecule has 0 aromatic carbocycles. The quantitative estimate of drug-likeness (QED) is 0.298. The van der Waals surface area contributed by atoms with Gasteiger partial charge in [-0.2, -0.15) is 0 Å². The van der Waals surface area contributed by atoms with E-state index in [-0.39, 0.29) is 81.0 Å². The van der Waals surface area contributed by atoms with Crippen LogP contribution in [0, 0.1) is 0 Å². The molecule has 0 aliphatic carbocycles. The van der Waals surface area contributed by atoms with Crippen LogP contribution in [0.4, 0.5) is 0 Å². The molecule has 14 heteroatoms. The minimum atomic E-state index is -2.67. The molecule has 0 spiro atoms. The minimum Gasteiger partial charge on any atom is -0.871 e. The van der Waals surface area contributed by atoms with Gasteiger partial charge < -0.3 is 52.0 Å². The first-order chi connectivity index (χ1) is 3.46. The van der Waals surface area contributed by atoms with Crippen molar-refractivity contribution in [2.75, 3.05) is 0 Å². The molecule has 0 saturated carbocycles. The minimum absolute atomic E-state index is 0. The molecule has 80 valence electrons. The normalized spacial score (nSPS) is 3.86. The third kappa shape index (κ3) is 744. The molecule has 0 unspecified atom stereocenters. The van der Waals surface area contributed by atoms with Crippen LogP contribution in [0.1, 0.15) is 0 Å². The van der Waals surface area contributed by atoms with Crippen molar-refractivity contribution in [1.82, 2.24) is 0 Å². The van der Waals surface area contributed by atoms with Gasteiger partial charge in [-0.25, -0.2) is 0 Å². The molecule has 0 heterocycles. The molecule has 0 bridgehead atoms. The summed E-state index contributed by atoms with van der Waals surface area (Å²) in [5, 5.41) is 45.5. The van der Waals surface area contributed by atoms with E-state index < -0.39 is 14.6 Å². The first-order valence-corrected chi connectivity index (χ1v) is 1.50. The summed E-state index contributed by atoms with van der Waals surface area (Å²) in [6.07, 6.45) is 0. The van der Waals surface area contributed by atoms with Crippen LogP contribution in [0.15, 0.2) is 0 Å². The Morgan fingerprint density at radius 1 is 0.643 bits per heavy atom. The fourth-order valence-corrected chi connectivity index (χ4v) is 0. The van der Waals surface area contributed by atoms with Gasteiger partial charge >= 0.3 is 66.4 Å². The van der Waals surface area contributed by atoms with Crippen LogP contribution in [-0.4, -0.2) is 56.6 Å². The topological polar surface area (TPSA) is 253 Å². The zero-order valence-electron chi connectivity index (χ0n) is 7.76. The van der Waals surface area contributed by atoms with Crippen LogP contribution in [0.5, 0.6) is 0 Å². The molecule has 10 nitrogen and oxygen atoms in total. The van der Waals surface area contributed by atoms with Crippen molar-refractivity contribution >= 4 is 14.6 Å². The second-order valence-electron chi connectivity index (χ2n) is 0.653. The Labute approximate surface area is 125 Å². The Bertz CT molecular complexity index is 31.6. The molecule has 14 heavy (non-hydrogen) atoms. The Morgan fingerprint density at radius 3 is 0.643 bits per heavy atom. The van der Waals surface area contributed by atoms with E-state index in [0.29, 0.717) is 0 Å². The van der Waals surface area contributed by atoms with Crippen molar-refractivity contribution in [2.24, 2.45) is 0 Å². The molecule has 0 aromatic rings. The fourth-order valence-electron chi connectivity index (χ4n) is 0. The van der Waals surface area contributed by atoms with Crippen molar-refractivity contribution in [3.8, 4) is 0 Å². The van der Waals surface area contributed by atoms with Crippen LogP contribution in [-0.2, 0) is 0 Å². The molecule has 0 amide bonds. The van der Waals surface area contributed by atoms with Crippen molar-refractivity contribution in [3.05, 3.63) is 0 Å². The van der Waals surface area contributed by atoms with E-state index >= 15 is 0 Å². The van der Waals surface area contributed by atoms with Crippen molar-refractivity contribution in [1.29, 1.82) is 0 Å². The van der Waals surface area contributed by atoms with Crippen LogP contribution in [0.3, 0.4) is 0 Å². The maximum atomic E-state index is 8.53. The first-order valence-electron chi connectivity index (χ1n) is 1.50. The third-order valence-electron chi connectivity index (χ3n) is 0. The molecule has 12 N–H and O–H groups in total. The Balaban J connectivity index is -0.00000000600. The van der Waals surface area contributed by atoms with Gasteiger partial charge in [-0.3, -0.25) is 0 Å². The predicted molar refractivity (Wildman–Crippen MR) is 34.8 cm³/mol. The number of rotatable bonds is 0. The molecule has 0 atom stereocenters. The van der Waals surface area contributed by atoms with Crippen LogP contribution < -0.4 is 69.2 Å². The zero-order chi connectivity index (χ0) is 7.15. The predicted octanol–water partition coefficient (Wildman–Crippen LogP) is -14.7. The van der Waals surface area contributed by atoms with E-state index in [1.165, 1.54) is 0 Å². The third-order valence-corrected chi connectivity index (χ3v) is 0. The molecule has 0 fully saturated rings. The maximum Gasteiger partial charge on any atom is 1.00 e. The summed E-state index contributed by atoms with van der Waals surface area (Å²) in [4.78, 5) is 0. The second kappa shape index (κ2) is 46.5. The fraction of sp³-hybridized carbons (Fsp3) is 0. The monoisotopic (exact) mass is 240 g/mol. The molecule has 0 aliphatic rings. The summed E-state index contributed by atoms with van der Waals surface area (Å²) in [5.41, 5.74) is 0. The summed E-state index contributed by atoms with van der Waals surface area (Å²) in [6, 6.07) is 0. The van der Waals surface area contributed by atoms with Gasteiger partial charge in [0, 0.05) is 0 Å². The van der Waals surface area contributed by atoms with E-state index in [2.05, 4.69) is 0 Å². The standard InChI is InChI=1S/BH3O3.BHO3.2Na.4H2O/c2*2-1(3)4;;;;;;/h2-4H;2H;;;4*1H2/q;-2;2*+1;;;;. The van der Waals surface area contributed by atoms with Gasteiger partial charge in [-0.1, -0.05) is 0 Å². The smallest absolute Gasteiger partial charge is 0.871 e. The summed E-state index contributed by atoms with van der Waals surface area (Å²) in [5.74, 6) is 0. The van der Waals surface area contributed by atoms with Crippen LogP contribution in [0.2, 0.25) is 0 Å². The van der Waals surface area contributed by atoms with Gasteiger partial charge in [-0.15, -0.1) is 0 Å². The molecule has 0 rings (SSSR count). The van der Waals surface area contributed by atoms with Crippen LogP contribution in [0.25, 0.3) is 0 Å². The first kappa shape index (κ1) is 57.1. The SMILES string of the molecule is O.O.O.O.OB(O)O.[Na+].[Na+].[O-]B([O-])O. The molecule has 0 aromatic heterocycles.